The fraction of sp³-hybridized carbons (Fsp3) is 0.0800. The van der Waals surface area contributed by atoms with Crippen LogP contribution in [0, 0.1) is 0 Å². The summed E-state index contributed by atoms with van der Waals surface area (Å²) in [5.74, 6) is 1.91. The number of ketones is 1. The lowest BCUT2D eigenvalue weighted by Gasteiger charge is -2.10. The van der Waals surface area contributed by atoms with E-state index in [2.05, 4.69) is 10.3 Å². The molecule has 3 heterocycles. The molecule has 0 unspecified atom stereocenters. The van der Waals surface area contributed by atoms with Crippen molar-refractivity contribution >= 4 is 35.2 Å². The number of benzene rings is 2. The topological polar surface area (TPSA) is 73.3 Å². The Kier molecular flexibility index (Phi) is 4.47. The van der Waals surface area contributed by atoms with Crippen LogP contribution in [0.25, 0.3) is 23.4 Å². The molecule has 2 aromatic heterocycles. The predicted octanol–water partition coefficient (Wildman–Crippen LogP) is 5.26. The van der Waals surface area contributed by atoms with Gasteiger partial charge in [-0.3, -0.25) is 4.79 Å². The molecular formula is C25H17N3O3S. The molecule has 1 N–H and O–H groups in total. The second-order valence-electron chi connectivity index (χ2n) is 7.42. The molecule has 2 aliphatic rings. The lowest BCUT2D eigenvalue weighted by atomic mass is 10.1. The Morgan fingerprint density at radius 1 is 0.969 bits per heavy atom. The van der Waals surface area contributed by atoms with Gasteiger partial charge in [-0.05, 0) is 41.3 Å². The van der Waals surface area contributed by atoms with Gasteiger partial charge in [-0.25, -0.2) is 9.97 Å². The third-order valence-electron chi connectivity index (χ3n) is 5.43. The van der Waals surface area contributed by atoms with Crippen molar-refractivity contribution < 1.29 is 14.3 Å². The number of carbonyl (C=O) groups is 1. The fourth-order valence-corrected chi connectivity index (χ4v) is 4.52. The fourth-order valence-electron chi connectivity index (χ4n) is 3.90. The lowest BCUT2D eigenvalue weighted by Crippen LogP contribution is -2.08. The summed E-state index contributed by atoms with van der Waals surface area (Å²) in [7, 11) is 0. The van der Waals surface area contributed by atoms with Gasteiger partial charge in [0.05, 0.1) is 17.0 Å². The van der Waals surface area contributed by atoms with Crippen LogP contribution in [0.3, 0.4) is 0 Å². The second-order valence-corrected chi connectivity index (χ2v) is 8.40. The summed E-state index contributed by atoms with van der Waals surface area (Å²) in [6.45, 7) is 0.757. The molecule has 156 valence electrons. The minimum absolute atomic E-state index is 0.0382. The van der Waals surface area contributed by atoms with Crippen molar-refractivity contribution in [3.63, 3.8) is 0 Å². The van der Waals surface area contributed by atoms with E-state index in [1.165, 1.54) is 0 Å². The first-order chi connectivity index (χ1) is 15.8. The number of nitrogens with one attached hydrogen (secondary N) is 1. The number of rotatable bonds is 5. The Hall–Kier alpha value is -3.97. The molecule has 0 atom stereocenters. The van der Waals surface area contributed by atoms with Gasteiger partial charge in [0.25, 0.3) is 0 Å². The van der Waals surface area contributed by atoms with Crippen LogP contribution in [0.15, 0.2) is 60.0 Å². The lowest BCUT2D eigenvalue weighted by molar-refractivity contribution is 0.104. The van der Waals surface area contributed by atoms with E-state index in [1.807, 2.05) is 72.1 Å². The van der Waals surface area contributed by atoms with Crippen LogP contribution < -0.4 is 14.8 Å². The molecule has 7 heteroatoms. The van der Waals surface area contributed by atoms with Gasteiger partial charge in [0.2, 0.25) is 12.7 Å². The minimum atomic E-state index is -0.0382. The molecule has 0 saturated heterocycles. The largest absolute Gasteiger partial charge is 0.454 e. The van der Waals surface area contributed by atoms with Crippen molar-refractivity contribution in [2.24, 2.45) is 0 Å². The molecule has 6 rings (SSSR count). The minimum Gasteiger partial charge on any atom is -0.454 e. The SMILES string of the molecule is O=C1c2ccccc2-c2nc(NCc3ccc4c(c3)OCO4)nc(C=Cc3cccs3)c21. The summed E-state index contributed by atoms with van der Waals surface area (Å²) in [5, 5.41) is 5.32. The van der Waals surface area contributed by atoms with E-state index >= 15 is 0 Å². The maximum Gasteiger partial charge on any atom is 0.231 e. The average Bonchev–Trinajstić information content (AvgIpc) is 3.57. The van der Waals surface area contributed by atoms with Crippen LogP contribution in [-0.2, 0) is 6.54 Å². The van der Waals surface area contributed by atoms with Crippen molar-refractivity contribution in [2.75, 3.05) is 12.1 Å². The number of ether oxygens (including phenoxy) is 2. The first-order valence-electron chi connectivity index (χ1n) is 10.2. The number of fused-ring (bicyclic) bond motifs is 4. The zero-order valence-electron chi connectivity index (χ0n) is 16.9. The maximum atomic E-state index is 13.1. The predicted molar refractivity (Wildman–Crippen MR) is 124 cm³/mol. The summed E-state index contributed by atoms with van der Waals surface area (Å²) in [6, 6.07) is 17.4. The highest BCUT2D eigenvalue weighted by Crippen LogP contribution is 2.38. The monoisotopic (exact) mass is 439 g/mol. The summed E-state index contributed by atoms with van der Waals surface area (Å²) < 4.78 is 10.8. The van der Waals surface area contributed by atoms with Crippen LogP contribution in [0.1, 0.15) is 32.1 Å². The molecule has 6 nitrogen and oxygen atoms in total. The zero-order valence-corrected chi connectivity index (χ0v) is 17.7. The molecular weight excluding hydrogens is 422 g/mol. The van der Waals surface area contributed by atoms with Gasteiger partial charge >= 0.3 is 0 Å². The molecule has 32 heavy (non-hydrogen) atoms. The van der Waals surface area contributed by atoms with E-state index < -0.39 is 0 Å². The summed E-state index contributed by atoms with van der Waals surface area (Å²) in [5.41, 5.74) is 4.35. The van der Waals surface area contributed by atoms with Crippen LogP contribution in [-0.4, -0.2) is 22.5 Å². The molecule has 0 amide bonds. The van der Waals surface area contributed by atoms with Crippen molar-refractivity contribution in [3.8, 4) is 22.8 Å². The second kappa shape index (κ2) is 7.62. The number of nitrogens with zero attached hydrogens (tertiary/aromatic N) is 2. The zero-order chi connectivity index (χ0) is 21.5. The summed E-state index contributed by atoms with van der Waals surface area (Å²) >= 11 is 1.63. The average molecular weight is 439 g/mol. The Balaban J connectivity index is 1.37. The quantitative estimate of drug-likeness (QED) is 0.403. The van der Waals surface area contributed by atoms with Gasteiger partial charge in [-0.2, -0.15) is 0 Å². The molecule has 0 radical (unpaired) electrons. The Morgan fingerprint density at radius 2 is 1.84 bits per heavy atom. The van der Waals surface area contributed by atoms with Gasteiger partial charge in [0.15, 0.2) is 17.3 Å². The van der Waals surface area contributed by atoms with Crippen molar-refractivity contribution in [1.29, 1.82) is 0 Å². The molecule has 2 aromatic carbocycles. The molecule has 0 spiro atoms. The normalized spacial score (nSPS) is 13.4. The van der Waals surface area contributed by atoms with Gasteiger partial charge in [-0.15, -0.1) is 11.3 Å². The van der Waals surface area contributed by atoms with Crippen LogP contribution in [0.2, 0.25) is 0 Å². The van der Waals surface area contributed by atoms with Gasteiger partial charge in [-0.1, -0.05) is 36.4 Å². The molecule has 0 saturated carbocycles. The highest BCUT2D eigenvalue weighted by atomic mass is 32.1. The first-order valence-corrected chi connectivity index (χ1v) is 11.0. The van der Waals surface area contributed by atoms with E-state index in [-0.39, 0.29) is 12.6 Å². The van der Waals surface area contributed by atoms with Gasteiger partial charge in [0, 0.05) is 22.5 Å². The number of carbonyl (C=O) groups excluding carboxylic acids is 1. The molecule has 1 aliphatic heterocycles. The van der Waals surface area contributed by atoms with Gasteiger partial charge < -0.3 is 14.8 Å². The van der Waals surface area contributed by atoms with Crippen LogP contribution >= 0.6 is 11.3 Å². The van der Waals surface area contributed by atoms with E-state index in [1.54, 1.807) is 11.3 Å². The first kappa shape index (κ1) is 18.8. The Bertz CT molecular complexity index is 1380. The highest BCUT2D eigenvalue weighted by molar-refractivity contribution is 7.10. The van der Waals surface area contributed by atoms with Crippen molar-refractivity contribution in [3.05, 3.63) is 87.2 Å². The third-order valence-corrected chi connectivity index (χ3v) is 6.26. The number of hydrogen-bond donors (Lipinski definition) is 1. The molecule has 4 aromatic rings. The Labute approximate surface area is 188 Å². The summed E-state index contributed by atoms with van der Waals surface area (Å²) in [4.78, 5) is 23.6. The van der Waals surface area contributed by atoms with E-state index in [0.717, 1.165) is 27.5 Å². The molecule has 0 bridgehead atoms. The standard InChI is InChI=1S/C25H17N3O3S/c29-24-18-6-2-1-5-17(18)23-22(24)19(9-8-16-4-3-11-32-16)27-25(28-23)26-13-15-7-10-20-21(12-15)31-14-30-20/h1-12H,13-14H2,(H,26,27,28). The van der Waals surface area contributed by atoms with Crippen LogP contribution in [0.4, 0.5) is 5.95 Å². The number of hydrogen-bond acceptors (Lipinski definition) is 7. The van der Waals surface area contributed by atoms with Crippen molar-refractivity contribution in [2.45, 2.75) is 6.54 Å². The molecule has 0 fully saturated rings. The van der Waals surface area contributed by atoms with E-state index in [4.69, 9.17) is 14.5 Å². The smallest absolute Gasteiger partial charge is 0.231 e. The van der Waals surface area contributed by atoms with Crippen LogP contribution in [0.5, 0.6) is 11.5 Å². The van der Waals surface area contributed by atoms with E-state index in [9.17, 15) is 4.79 Å². The highest BCUT2D eigenvalue weighted by Gasteiger charge is 2.31. The number of aromatic nitrogens is 2. The van der Waals surface area contributed by atoms with E-state index in [0.29, 0.717) is 35.0 Å². The Morgan fingerprint density at radius 3 is 2.72 bits per heavy atom. The van der Waals surface area contributed by atoms with Gasteiger partial charge in [0.1, 0.15) is 0 Å². The molecule has 1 aliphatic carbocycles. The summed E-state index contributed by atoms with van der Waals surface area (Å²) in [6.07, 6.45) is 3.87. The third kappa shape index (κ3) is 3.23. The number of anilines is 1. The maximum absolute atomic E-state index is 13.1. The number of thiophene rings is 1. The van der Waals surface area contributed by atoms with Crippen molar-refractivity contribution in [1.82, 2.24) is 9.97 Å².